The number of nitrogens with one attached hydrogen (secondary N) is 1. The maximum absolute atomic E-state index is 11.9. The summed E-state index contributed by atoms with van der Waals surface area (Å²) < 4.78 is 25.8. The number of rotatable bonds is 7. The highest BCUT2D eigenvalue weighted by molar-refractivity contribution is 7.89. The standard InChI is InChI=1S/C13H19NO5S/c1-9(2)7-10-3-5-11(6-4-10)20(18,19)14-8-12(15)13(16)17/h3-6,9,12,14-15H,7-8H2,1-2H3,(H,16,17)/t12-/m0/s1. The van der Waals surface area contributed by atoms with E-state index < -0.39 is 28.6 Å². The van der Waals surface area contributed by atoms with Crippen molar-refractivity contribution in [2.24, 2.45) is 5.92 Å². The number of aliphatic hydroxyl groups is 1. The van der Waals surface area contributed by atoms with Crippen molar-refractivity contribution in [3.05, 3.63) is 29.8 Å². The van der Waals surface area contributed by atoms with Crippen LogP contribution in [-0.2, 0) is 21.2 Å². The van der Waals surface area contributed by atoms with Crippen LogP contribution in [-0.4, -0.2) is 37.2 Å². The van der Waals surface area contributed by atoms with Crippen molar-refractivity contribution in [1.82, 2.24) is 4.72 Å². The molecule has 0 saturated heterocycles. The van der Waals surface area contributed by atoms with Gasteiger partial charge in [-0.15, -0.1) is 0 Å². The van der Waals surface area contributed by atoms with Gasteiger partial charge in [-0.3, -0.25) is 0 Å². The zero-order valence-corrected chi connectivity index (χ0v) is 12.2. The topological polar surface area (TPSA) is 104 Å². The van der Waals surface area contributed by atoms with Crippen LogP contribution in [0.15, 0.2) is 29.2 Å². The molecule has 7 heteroatoms. The predicted octanol–water partition coefficient (Wildman–Crippen LogP) is 0.609. The first-order valence-corrected chi connectivity index (χ1v) is 7.70. The van der Waals surface area contributed by atoms with Gasteiger partial charge < -0.3 is 10.2 Å². The molecule has 0 aromatic heterocycles. The zero-order valence-electron chi connectivity index (χ0n) is 11.4. The lowest BCUT2D eigenvalue weighted by molar-refractivity contribution is -0.146. The highest BCUT2D eigenvalue weighted by atomic mass is 32.2. The quantitative estimate of drug-likeness (QED) is 0.684. The van der Waals surface area contributed by atoms with Gasteiger partial charge in [0, 0.05) is 6.54 Å². The van der Waals surface area contributed by atoms with Crippen molar-refractivity contribution < 1.29 is 23.4 Å². The Bertz CT molecular complexity index is 551. The molecule has 112 valence electrons. The van der Waals surface area contributed by atoms with Crippen molar-refractivity contribution in [3.8, 4) is 0 Å². The second-order valence-electron chi connectivity index (χ2n) is 4.95. The summed E-state index contributed by atoms with van der Waals surface area (Å²) in [6.45, 7) is 3.57. The first kappa shape index (κ1) is 16.6. The molecule has 0 saturated carbocycles. The Hall–Kier alpha value is -1.44. The van der Waals surface area contributed by atoms with E-state index in [2.05, 4.69) is 18.6 Å². The van der Waals surface area contributed by atoms with Gasteiger partial charge in [0.15, 0.2) is 6.10 Å². The molecule has 6 nitrogen and oxygen atoms in total. The molecule has 0 amide bonds. The molecule has 0 aliphatic rings. The van der Waals surface area contributed by atoms with E-state index in [-0.39, 0.29) is 4.90 Å². The fourth-order valence-electron chi connectivity index (χ4n) is 1.64. The Morgan fingerprint density at radius 3 is 2.25 bits per heavy atom. The number of carboxylic acids is 1. The smallest absolute Gasteiger partial charge is 0.333 e. The molecular weight excluding hydrogens is 282 g/mol. The lowest BCUT2D eigenvalue weighted by atomic mass is 10.0. The van der Waals surface area contributed by atoms with E-state index in [1.165, 1.54) is 12.1 Å². The average Bonchev–Trinajstić information content (AvgIpc) is 2.35. The van der Waals surface area contributed by atoms with Crippen LogP contribution in [0.4, 0.5) is 0 Å². The van der Waals surface area contributed by atoms with Gasteiger partial charge in [0.25, 0.3) is 0 Å². The summed E-state index contributed by atoms with van der Waals surface area (Å²) in [6.07, 6.45) is -0.907. The Kier molecular flexibility index (Phi) is 5.67. The van der Waals surface area contributed by atoms with E-state index in [4.69, 9.17) is 10.2 Å². The fourth-order valence-corrected chi connectivity index (χ4v) is 2.67. The van der Waals surface area contributed by atoms with Crippen molar-refractivity contribution in [2.45, 2.75) is 31.3 Å². The first-order valence-electron chi connectivity index (χ1n) is 6.22. The van der Waals surface area contributed by atoms with Crippen LogP contribution in [0.2, 0.25) is 0 Å². The largest absolute Gasteiger partial charge is 0.479 e. The van der Waals surface area contributed by atoms with Gasteiger partial charge in [0.05, 0.1) is 4.90 Å². The Morgan fingerprint density at radius 2 is 1.80 bits per heavy atom. The minimum atomic E-state index is -3.81. The van der Waals surface area contributed by atoms with Crippen molar-refractivity contribution >= 4 is 16.0 Å². The highest BCUT2D eigenvalue weighted by Gasteiger charge is 2.19. The Labute approximate surface area is 118 Å². The number of hydrogen-bond donors (Lipinski definition) is 3. The summed E-state index contributed by atoms with van der Waals surface area (Å²) in [5, 5.41) is 17.5. The third-order valence-corrected chi connectivity index (χ3v) is 4.07. The summed E-state index contributed by atoms with van der Waals surface area (Å²) in [5.74, 6) is -0.999. The van der Waals surface area contributed by atoms with Crippen LogP contribution < -0.4 is 4.72 Å². The molecule has 3 N–H and O–H groups in total. The van der Waals surface area contributed by atoms with Gasteiger partial charge in [-0.05, 0) is 30.0 Å². The zero-order chi connectivity index (χ0) is 15.3. The number of sulfonamides is 1. The van der Waals surface area contributed by atoms with Gasteiger partial charge in [0.2, 0.25) is 10.0 Å². The summed E-state index contributed by atoms with van der Waals surface area (Å²) in [7, 11) is -3.81. The van der Waals surface area contributed by atoms with Gasteiger partial charge in [0.1, 0.15) is 0 Å². The van der Waals surface area contributed by atoms with E-state index in [1.807, 2.05) is 0 Å². The predicted molar refractivity (Wildman–Crippen MR) is 73.8 cm³/mol. The van der Waals surface area contributed by atoms with E-state index in [0.717, 1.165) is 12.0 Å². The molecule has 1 atom stereocenters. The molecule has 1 aromatic rings. The van der Waals surface area contributed by atoms with Crippen molar-refractivity contribution in [2.75, 3.05) is 6.54 Å². The maximum Gasteiger partial charge on any atom is 0.333 e. The lowest BCUT2D eigenvalue weighted by Gasteiger charge is -2.10. The third-order valence-electron chi connectivity index (χ3n) is 2.63. The molecule has 0 aliphatic carbocycles. The van der Waals surface area contributed by atoms with Crippen LogP contribution in [0.1, 0.15) is 19.4 Å². The molecule has 0 aliphatic heterocycles. The lowest BCUT2D eigenvalue weighted by Crippen LogP contribution is -2.36. The van der Waals surface area contributed by atoms with Crippen LogP contribution >= 0.6 is 0 Å². The molecule has 1 rings (SSSR count). The molecule has 0 heterocycles. The Morgan fingerprint density at radius 1 is 1.25 bits per heavy atom. The van der Waals surface area contributed by atoms with E-state index in [1.54, 1.807) is 12.1 Å². The molecule has 0 spiro atoms. The molecule has 1 aromatic carbocycles. The average molecular weight is 301 g/mol. The second-order valence-corrected chi connectivity index (χ2v) is 6.71. The number of carbonyl (C=O) groups is 1. The van der Waals surface area contributed by atoms with Gasteiger partial charge in [-0.1, -0.05) is 26.0 Å². The molecule has 20 heavy (non-hydrogen) atoms. The van der Waals surface area contributed by atoms with E-state index in [9.17, 15) is 13.2 Å². The van der Waals surface area contributed by atoms with Crippen LogP contribution in [0.3, 0.4) is 0 Å². The third kappa shape index (κ3) is 4.92. The van der Waals surface area contributed by atoms with Gasteiger partial charge in [-0.2, -0.15) is 0 Å². The highest BCUT2D eigenvalue weighted by Crippen LogP contribution is 2.13. The number of benzene rings is 1. The molecule has 0 fully saturated rings. The Balaban J connectivity index is 2.75. The minimum Gasteiger partial charge on any atom is -0.479 e. The summed E-state index contributed by atoms with van der Waals surface area (Å²) in [4.78, 5) is 10.5. The number of hydrogen-bond acceptors (Lipinski definition) is 4. The number of aliphatic hydroxyl groups excluding tert-OH is 1. The number of aliphatic carboxylic acids is 1. The monoisotopic (exact) mass is 301 g/mol. The summed E-state index contributed by atoms with van der Waals surface area (Å²) in [6, 6.07) is 6.38. The molecule has 0 bridgehead atoms. The van der Waals surface area contributed by atoms with Crippen LogP contribution in [0.5, 0.6) is 0 Å². The van der Waals surface area contributed by atoms with E-state index >= 15 is 0 Å². The van der Waals surface area contributed by atoms with Crippen LogP contribution in [0, 0.1) is 5.92 Å². The normalized spacial score (nSPS) is 13.4. The second kappa shape index (κ2) is 6.83. The summed E-state index contributed by atoms with van der Waals surface area (Å²) >= 11 is 0. The minimum absolute atomic E-state index is 0.0441. The van der Waals surface area contributed by atoms with Gasteiger partial charge in [-0.25, -0.2) is 17.9 Å². The molecule has 0 radical (unpaired) electrons. The SMILES string of the molecule is CC(C)Cc1ccc(S(=O)(=O)NC[C@H](O)C(=O)O)cc1. The van der Waals surface area contributed by atoms with Crippen LogP contribution in [0.25, 0.3) is 0 Å². The molecular formula is C13H19NO5S. The maximum atomic E-state index is 11.9. The first-order chi connectivity index (χ1) is 9.22. The van der Waals surface area contributed by atoms with Crippen molar-refractivity contribution in [1.29, 1.82) is 0 Å². The van der Waals surface area contributed by atoms with Gasteiger partial charge >= 0.3 is 5.97 Å². The summed E-state index contributed by atoms with van der Waals surface area (Å²) in [5.41, 5.74) is 1.03. The number of carboxylic acid groups (broad SMARTS) is 1. The molecule has 0 unspecified atom stereocenters. The van der Waals surface area contributed by atoms with Crippen molar-refractivity contribution in [3.63, 3.8) is 0 Å². The van der Waals surface area contributed by atoms with E-state index in [0.29, 0.717) is 5.92 Å². The fraction of sp³-hybridized carbons (Fsp3) is 0.462.